The first-order chi connectivity index (χ1) is 19.7. The van der Waals surface area contributed by atoms with Gasteiger partial charge in [-0.3, -0.25) is 9.58 Å². The molecule has 2 atom stereocenters. The van der Waals surface area contributed by atoms with E-state index < -0.39 is 18.0 Å². The second kappa shape index (κ2) is 13.3. The first-order valence-electron chi connectivity index (χ1n) is 14.4. The minimum atomic E-state index is -0.613. The standard InChI is InChI=1S/C32H39Cl2FN4O2/c1-4-22(23-9-13-40-14-10-23)18-38-11-7-26(8-12-38)39-19-25(17-37-39)24-15-20(2)32(36)29(16-24)41-21(3)30-27(33)5-6-28(35)31(30)34/h4-6,15-17,19,21,23,26,32H,2,7-14,18,36H2,1,3H3. The normalized spacial score (nSPS) is 22.4. The van der Waals surface area contributed by atoms with E-state index in [1.165, 1.54) is 12.1 Å². The van der Waals surface area contributed by atoms with Gasteiger partial charge in [0.25, 0.3) is 0 Å². The number of ether oxygens (including phenoxy) is 2. The number of aromatic nitrogens is 2. The maximum Gasteiger partial charge on any atom is 0.142 e. The third-order valence-electron chi connectivity index (χ3n) is 8.53. The van der Waals surface area contributed by atoms with Gasteiger partial charge in [-0.15, -0.1) is 0 Å². The van der Waals surface area contributed by atoms with Gasteiger partial charge >= 0.3 is 0 Å². The molecular formula is C32H39Cl2FN4O2. The molecule has 0 spiro atoms. The van der Waals surface area contributed by atoms with Gasteiger partial charge in [0.15, 0.2) is 0 Å². The van der Waals surface area contributed by atoms with Crippen LogP contribution in [0.5, 0.6) is 0 Å². The molecular weight excluding hydrogens is 562 g/mol. The molecule has 2 fully saturated rings. The van der Waals surface area contributed by atoms with Crippen LogP contribution in [-0.4, -0.2) is 53.6 Å². The Labute approximate surface area is 252 Å². The van der Waals surface area contributed by atoms with Gasteiger partial charge in [-0.25, -0.2) is 4.39 Å². The fourth-order valence-electron chi connectivity index (χ4n) is 6.02. The van der Waals surface area contributed by atoms with Crippen LogP contribution in [0.15, 0.2) is 66.2 Å². The summed E-state index contributed by atoms with van der Waals surface area (Å²) in [6.07, 6.45) is 13.9. The lowest BCUT2D eigenvalue weighted by atomic mass is 9.90. The number of hydrogen-bond acceptors (Lipinski definition) is 5. The molecule has 6 nitrogen and oxygen atoms in total. The number of nitrogens with zero attached hydrogens (tertiary/aromatic N) is 3. The molecule has 1 aliphatic carbocycles. The quantitative estimate of drug-likeness (QED) is 0.255. The van der Waals surface area contributed by atoms with Crippen LogP contribution < -0.4 is 5.73 Å². The topological polar surface area (TPSA) is 65.5 Å². The molecule has 5 rings (SSSR count). The van der Waals surface area contributed by atoms with Crippen molar-refractivity contribution in [2.24, 2.45) is 11.7 Å². The molecule has 3 heterocycles. The van der Waals surface area contributed by atoms with E-state index in [4.69, 9.17) is 43.5 Å². The molecule has 2 N–H and O–H groups in total. The van der Waals surface area contributed by atoms with Crippen molar-refractivity contribution in [2.75, 3.05) is 32.8 Å². The Morgan fingerprint density at radius 2 is 1.95 bits per heavy atom. The molecule has 0 bridgehead atoms. The van der Waals surface area contributed by atoms with E-state index in [1.54, 1.807) is 12.5 Å². The Hall–Kier alpha value is -2.42. The first kappa shape index (κ1) is 30.1. The van der Waals surface area contributed by atoms with Crippen LogP contribution in [-0.2, 0) is 9.47 Å². The average Bonchev–Trinajstić information content (AvgIpc) is 3.47. The Balaban J connectivity index is 1.23. The fraction of sp³-hybridized carbons (Fsp3) is 0.469. The molecule has 9 heteroatoms. The minimum absolute atomic E-state index is 0.0533. The summed E-state index contributed by atoms with van der Waals surface area (Å²) in [6, 6.07) is 2.53. The van der Waals surface area contributed by atoms with E-state index in [-0.39, 0.29) is 5.02 Å². The van der Waals surface area contributed by atoms with Crippen LogP contribution in [0.2, 0.25) is 10.0 Å². The van der Waals surface area contributed by atoms with Gasteiger partial charge in [-0.05, 0) is 80.9 Å². The van der Waals surface area contributed by atoms with Crippen molar-refractivity contribution < 1.29 is 13.9 Å². The second-order valence-corrected chi connectivity index (χ2v) is 12.0. The van der Waals surface area contributed by atoms with Crippen molar-refractivity contribution in [3.05, 3.63) is 93.2 Å². The Morgan fingerprint density at radius 3 is 2.66 bits per heavy atom. The molecule has 41 heavy (non-hydrogen) atoms. The van der Waals surface area contributed by atoms with Crippen molar-refractivity contribution in [1.29, 1.82) is 0 Å². The highest BCUT2D eigenvalue weighted by atomic mass is 35.5. The molecule has 2 aromatic rings. The van der Waals surface area contributed by atoms with Crippen molar-refractivity contribution in [3.8, 4) is 0 Å². The molecule has 1 aromatic heterocycles. The van der Waals surface area contributed by atoms with E-state index >= 15 is 0 Å². The third-order valence-corrected chi connectivity index (χ3v) is 9.25. The zero-order chi connectivity index (χ0) is 29.1. The van der Waals surface area contributed by atoms with Gasteiger partial charge < -0.3 is 15.2 Å². The fourth-order valence-corrected chi connectivity index (χ4v) is 6.70. The van der Waals surface area contributed by atoms with Crippen LogP contribution in [0, 0.1) is 11.7 Å². The monoisotopic (exact) mass is 600 g/mol. The highest BCUT2D eigenvalue weighted by Gasteiger charge is 2.27. The Bertz CT molecular complexity index is 1350. The predicted molar refractivity (Wildman–Crippen MR) is 163 cm³/mol. The van der Waals surface area contributed by atoms with Gasteiger partial charge in [0, 0.05) is 55.2 Å². The summed E-state index contributed by atoms with van der Waals surface area (Å²) in [6.45, 7) is 13.0. The van der Waals surface area contributed by atoms with E-state index in [0.29, 0.717) is 33.9 Å². The van der Waals surface area contributed by atoms with Gasteiger partial charge in [0.05, 0.1) is 23.3 Å². The minimum Gasteiger partial charge on any atom is -0.488 e. The number of nitrogens with two attached hydrogens (primary N) is 1. The highest BCUT2D eigenvalue weighted by molar-refractivity contribution is 6.36. The van der Waals surface area contributed by atoms with Gasteiger partial charge in [0.1, 0.15) is 17.7 Å². The van der Waals surface area contributed by atoms with Crippen LogP contribution in [0.1, 0.15) is 62.8 Å². The zero-order valence-corrected chi connectivity index (χ0v) is 25.3. The van der Waals surface area contributed by atoms with Crippen molar-refractivity contribution in [1.82, 2.24) is 14.7 Å². The molecule has 2 unspecified atom stereocenters. The zero-order valence-electron chi connectivity index (χ0n) is 23.8. The SMILES string of the molecule is C=C1C=C(c2cnn(C3CCN(CC(=CC)C4CCOCC4)CC3)c2)C=C(OC(C)c2c(Cl)ccc(F)c2Cl)C1N. The number of likely N-dealkylation sites (tertiary alicyclic amines) is 1. The molecule has 0 radical (unpaired) electrons. The predicted octanol–water partition coefficient (Wildman–Crippen LogP) is 7.28. The van der Waals surface area contributed by atoms with Crippen molar-refractivity contribution >= 4 is 28.8 Å². The summed E-state index contributed by atoms with van der Waals surface area (Å²) in [5.74, 6) is 0.620. The van der Waals surface area contributed by atoms with Crippen molar-refractivity contribution in [2.45, 2.75) is 57.7 Å². The summed E-state index contributed by atoms with van der Waals surface area (Å²) in [4.78, 5) is 2.57. The molecule has 0 amide bonds. The first-order valence-corrected chi connectivity index (χ1v) is 15.2. The largest absolute Gasteiger partial charge is 0.488 e. The maximum absolute atomic E-state index is 14.1. The number of allylic oxidation sites excluding steroid dienone is 3. The van der Waals surface area contributed by atoms with E-state index in [9.17, 15) is 4.39 Å². The lowest BCUT2D eigenvalue weighted by molar-refractivity contribution is 0.0726. The van der Waals surface area contributed by atoms with Gasteiger partial charge in [-0.1, -0.05) is 41.4 Å². The maximum atomic E-state index is 14.1. The molecule has 2 aliphatic heterocycles. The Morgan fingerprint density at radius 1 is 1.22 bits per heavy atom. The van der Waals surface area contributed by atoms with Crippen LogP contribution >= 0.6 is 23.2 Å². The van der Waals surface area contributed by atoms with E-state index in [2.05, 4.69) is 35.4 Å². The van der Waals surface area contributed by atoms with Gasteiger partial charge in [0.2, 0.25) is 0 Å². The van der Waals surface area contributed by atoms with Crippen LogP contribution in [0.25, 0.3) is 5.57 Å². The smallest absolute Gasteiger partial charge is 0.142 e. The van der Waals surface area contributed by atoms with E-state index in [1.807, 2.05) is 18.3 Å². The average molecular weight is 602 g/mol. The van der Waals surface area contributed by atoms with Crippen LogP contribution in [0.3, 0.4) is 0 Å². The highest BCUT2D eigenvalue weighted by Crippen LogP contribution is 2.38. The number of rotatable bonds is 8. The van der Waals surface area contributed by atoms with Crippen LogP contribution in [0.4, 0.5) is 4.39 Å². The molecule has 1 aromatic carbocycles. The summed E-state index contributed by atoms with van der Waals surface area (Å²) in [5, 5.41) is 5.01. The molecule has 220 valence electrons. The Kier molecular flexibility index (Phi) is 9.72. The number of benzene rings is 1. The lowest BCUT2D eigenvalue weighted by Gasteiger charge is -2.34. The lowest BCUT2D eigenvalue weighted by Crippen LogP contribution is -2.37. The molecule has 2 saturated heterocycles. The molecule has 0 saturated carbocycles. The number of hydrogen-bond donors (Lipinski definition) is 1. The van der Waals surface area contributed by atoms with Gasteiger partial charge in [-0.2, -0.15) is 5.10 Å². The van der Waals surface area contributed by atoms with Crippen molar-refractivity contribution in [3.63, 3.8) is 0 Å². The summed E-state index contributed by atoms with van der Waals surface area (Å²) < 4.78 is 28.0. The third kappa shape index (κ3) is 6.81. The summed E-state index contributed by atoms with van der Waals surface area (Å²) >= 11 is 12.5. The summed E-state index contributed by atoms with van der Waals surface area (Å²) in [7, 11) is 0. The summed E-state index contributed by atoms with van der Waals surface area (Å²) in [5.41, 5.74) is 10.9. The number of halogens is 3. The number of piperidine rings is 1. The van der Waals surface area contributed by atoms with E-state index in [0.717, 1.165) is 69.7 Å². The molecule has 3 aliphatic rings. The second-order valence-electron chi connectivity index (χ2n) is 11.2.